The van der Waals surface area contributed by atoms with Crippen LogP contribution >= 0.6 is 0 Å². The number of benzene rings is 2. The number of aryl methyl sites for hydroxylation is 2. The van der Waals surface area contributed by atoms with Crippen molar-refractivity contribution in [3.63, 3.8) is 0 Å². The summed E-state index contributed by atoms with van der Waals surface area (Å²) in [6.07, 6.45) is 0. The van der Waals surface area contributed by atoms with Crippen molar-refractivity contribution in [1.29, 1.82) is 0 Å². The first-order valence-electron chi connectivity index (χ1n) is 8.63. The predicted molar refractivity (Wildman–Crippen MR) is 101 cm³/mol. The van der Waals surface area contributed by atoms with Crippen LogP contribution in [0, 0.1) is 13.8 Å². The van der Waals surface area contributed by atoms with Gasteiger partial charge in [-0.25, -0.2) is 0 Å². The molecule has 2 aromatic rings. The maximum absolute atomic E-state index is 12.4. The van der Waals surface area contributed by atoms with Gasteiger partial charge in [-0.15, -0.1) is 0 Å². The Labute approximate surface area is 145 Å². The van der Waals surface area contributed by atoms with Crippen LogP contribution in [0.4, 0.5) is 5.69 Å². The van der Waals surface area contributed by atoms with E-state index in [4.69, 9.17) is 0 Å². The third kappa shape index (κ3) is 4.93. The molecule has 128 valence electrons. The Balaban J connectivity index is 1.97. The van der Waals surface area contributed by atoms with Gasteiger partial charge in [0, 0.05) is 11.3 Å². The molecule has 0 aliphatic carbocycles. The van der Waals surface area contributed by atoms with Crippen LogP contribution in [0.1, 0.15) is 42.0 Å². The Bertz CT molecular complexity index is 707. The van der Waals surface area contributed by atoms with Gasteiger partial charge in [-0.2, -0.15) is 0 Å². The van der Waals surface area contributed by atoms with E-state index in [9.17, 15) is 4.79 Å². The summed E-state index contributed by atoms with van der Waals surface area (Å²) in [6.45, 7) is 9.83. The Morgan fingerprint density at radius 1 is 1.12 bits per heavy atom. The lowest BCUT2D eigenvalue weighted by Gasteiger charge is -2.17. The number of quaternary nitrogens is 1. The number of anilines is 1. The van der Waals surface area contributed by atoms with E-state index in [1.807, 2.05) is 18.2 Å². The van der Waals surface area contributed by atoms with Crippen molar-refractivity contribution >= 4 is 11.6 Å². The Hall–Kier alpha value is -2.13. The zero-order valence-electron chi connectivity index (χ0n) is 15.4. The van der Waals surface area contributed by atoms with Crippen LogP contribution in [0.2, 0.25) is 0 Å². The van der Waals surface area contributed by atoms with Gasteiger partial charge in [-0.3, -0.25) is 4.79 Å². The Kier molecular flexibility index (Phi) is 6.16. The van der Waals surface area contributed by atoms with Gasteiger partial charge in [-0.1, -0.05) is 55.8 Å². The van der Waals surface area contributed by atoms with E-state index in [1.165, 1.54) is 27.2 Å². The number of hydrogen-bond donors (Lipinski definition) is 2. The average Bonchev–Trinajstić information content (AvgIpc) is 2.50. The predicted octanol–water partition coefficient (Wildman–Crippen LogP) is 3.08. The summed E-state index contributed by atoms with van der Waals surface area (Å²) in [5.41, 5.74) is 5.97. The molecule has 0 spiro atoms. The summed E-state index contributed by atoms with van der Waals surface area (Å²) < 4.78 is 0. The summed E-state index contributed by atoms with van der Waals surface area (Å²) in [7, 11) is 2.06. The summed E-state index contributed by atoms with van der Waals surface area (Å²) >= 11 is 0. The lowest BCUT2D eigenvalue weighted by Crippen LogP contribution is -3.08. The van der Waals surface area contributed by atoms with Crippen LogP contribution < -0.4 is 10.2 Å². The topological polar surface area (TPSA) is 33.5 Å². The molecule has 2 aromatic carbocycles. The van der Waals surface area contributed by atoms with Gasteiger partial charge in [-0.05, 0) is 37.0 Å². The Morgan fingerprint density at radius 2 is 1.83 bits per heavy atom. The molecule has 3 heteroatoms. The molecular weight excluding hydrogens is 296 g/mol. The molecule has 0 radical (unpaired) electrons. The van der Waals surface area contributed by atoms with Crippen molar-refractivity contribution in [1.82, 2.24) is 0 Å². The standard InChI is InChI=1S/C21H28N2O/c1-15(2)19-8-6-7-9-20(19)22-21(24)14-23(5)13-18-11-10-16(3)12-17(18)4/h6-12,15H,13-14H2,1-5H3,(H,22,24)/p+1. The first-order valence-corrected chi connectivity index (χ1v) is 8.63. The third-order valence-corrected chi connectivity index (χ3v) is 4.31. The molecule has 2 rings (SSSR count). The molecule has 0 aliphatic rings. The van der Waals surface area contributed by atoms with Crippen molar-refractivity contribution in [3.8, 4) is 0 Å². The van der Waals surface area contributed by atoms with Crippen LogP contribution in [-0.4, -0.2) is 19.5 Å². The number of nitrogens with one attached hydrogen (secondary N) is 2. The number of rotatable bonds is 6. The lowest BCUT2D eigenvalue weighted by atomic mass is 10.0. The van der Waals surface area contributed by atoms with E-state index in [-0.39, 0.29) is 5.91 Å². The van der Waals surface area contributed by atoms with Crippen LogP contribution in [-0.2, 0) is 11.3 Å². The maximum atomic E-state index is 12.4. The minimum atomic E-state index is 0.0605. The van der Waals surface area contributed by atoms with Gasteiger partial charge in [0.25, 0.3) is 5.91 Å². The molecule has 0 saturated carbocycles. The smallest absolute Gasteiger partial charge is 0.279 e. The number of para-hydroxylation sites is 1. The number of hydrogen-bond acceptors (Lipinski definition) is 1. The van der Waals surface area contributed by atoms with Crippen molar-refractivity contribution < 1.29 is 9.69 Å². The number of amides is 1. The van der Waals surface area contributed by atoms with E-state index < -0.39 is 0 Å². The lowest BCUT2D eigenvalue weighted by molar-refractivity contribution is -0.885. The van der Waals surface area contributed by atoms with Gasteiger partial charge in [0.2, 0.25) is 0 Å². The van der Waals surface area contributed by atoms with Crippen molar-refractivity contribution in [2.24, 2.45) is 0 Å². The van der Waals surface area contributed by atoms with Crippen LogP contribution in [0.15, 0.2) is 42.5 Å². The average molecular weight is 325 g/mol. The molecule has 0 heterocycles. The minimum Gasteiger partial charge on any atom is -0.326 e. The second-order valence-electron chi connectivity index (χ2n) is 7.03. The zero-order chi connectivity index (χ0) is 17.7. The van der Waals surface area contributed by atoms with E-state index >= 15 is 0 Å². The van der Waals surface area contributed by atoms with E-state index in [0.717, 1.165) is 12.2 Å². The van der Waals surface area contributed by atoms with Crippen molar-refractivity contribution in [3.05, 3.63) is 64.7 Å². The Morgan fingerprint density at radius 3 is 2.50 bits per heavy atom. The first kappa shape index (κ1) is 18.2. The number of carbonyl (C=O) groups excluding carboxylic acids is 1. The monoisotopic (exact) mass is 325 g/mol. The molecule has 24 heavy (non-hydrogen) atoms. The summed E-state index contributed by atoms with van der Waals surface area (Å²) in [4.78, 5) is 13.6. The summed E-state index contributed by atoms with van der Waals surface area (Å²) in [5, 5.41) is 3.07. The molecule has 0 aromatic heterocycles. The van der Waals surface area contributed by atoms with Crippen LogP contribution in [0.25, 0.3) is 0 Å². The zero-order valence-corrected chi connectivity index (χ0v) is 15.4. The molecule has 1 unspecified atom stereocenters. The molecular formula is C21H29N2O+. The fraction of sp³-hybridized carbons (Fsp3) is 0.381. The fourth-order valence-corrected chi connectivity index (χ4v) is 3.01. The van der Waals surface area contributed by atoms with E-state index in [1.54, 1.807) is 0 Å². The highest BCUT2D eigenvalue weighted by molar-refractivity contribution is 5.92. The molecule has 0 saturated heterocycles. The molecule has 3 nitrogen and oxygen atoms in total. The van der Waals surface area contributed by atoms with Gasteiger partial charge in [0.05, 0.1) is 7.05 Å². The van der Waals surface area contributed by atoms with Gasteiger partial charge >= 0.3 is 0 Å². The number of likely N-dealkylation sites (N-methyl/N-ethyl adjacent to an activating group) is 1. The molecule has 0 fully saturated rings. The molecule has 2 N–H and O–H groups in total. The second kappa shape index (κ2) is 8.11. The SMILES string of the molecule is Cc1ccc(C[NH+](C)CC(=O)Nc2ccccc2C(C)C)c(C)c1. The van der Waals surface area contributed by atoms with Crippen molar-refractivity contribution in [2.75, 3.05) is 18.9 Å². The normalized spacial score (nSPS) is 12.2. The largest absolute Gasteiger partial charge is 0.326 e. The quantitative estimate of drug-likeness (QED) is 0.841. The van der Waals surface area contributed by atoms with Gasteiger partial charge < -0.3 is 10.2 Å². The van der Waals surface area contributed by atoms with Gasteiger partial charge in [0.15, 0.2) is 6.54 Å². The highest BCUT2D eigenvalue weighted by Crippen LogP contribution is 2.23. The van der Waals surface area contributed by atoms with Crippen LogP contribution in [0.5, 0.6) is 0 Å². The first-order chi connectivity index (χ1) is 11.4. The third-order valence-electron chi connectivity index (χ3n) is 4.31. The summed E-state index contributed by atoms with van der Waals surface area (Å²) in [5.74, 6) is 0.451. The van der Waals surface area contributed by atoms with E-state index in [0.29, 0.717) is 12.5 Å². The molecule has 1 atom stereocenters. The van der Waals surface area contributed by atoms with Crippen molar-refractivity contribution in [2.45, 2.75) is 40.2 Å². The molecule has 1 amide bonds. The fourth-order valence-electron chi connectivity index (χ4n) is 3.01. The number of carbonyl (C=O) groups is 1. The maximum Gasteiger partial charge on any atom is 0.279 e. The van der Waals surface area contributed by atoms with Gasteiger partial charge in [0.1, 0.15) is 6.54 Å². The van der Waals surface area contributed by atoms with Crippen LogP contribution in [0.3, 0.4) is 0 Å². The summed E-state index contributed by atoms with van der Waals surface area (Å²) in [6, 6.07) is 14.5. The highest BCUT2D eigenvalue weighted by atomic mass is 16.2. The molecule has 0 aliphatic heterocycles. The minimum absolute atomic E-state index is 0.0605. The second-order valence-corrected chi connectivity index (χ2v) is 7.03. The van der Waals surface area contributed by atoms with E-state index in [2.05, 4.69) is 64.3 Å². The highest BCUT2D eigenvalue weighted by Gasteiger charge is 2.14. The molecule has 0 bridgehead atoms.